The standard InChI is InChI=1S/C22H34N4O3.HI/c1-3-23-22(24-14-10-6-5-7-13-21(28)29-4-2)25-16-17-15-20(27)26-19-12-9-8-11-18(17)19;/h8-9,11-12,17H,3-7,10,13-16H2,1-2H3,(H,26,27)(H2,23,24,25);1H. The van der Waals surface area contributed by atoms with Crippen molar-refractivity contribution in [1.82, 2.24) is 10.6 Å². The molecule has 0 fully saturated rings. The number of para-hydroxylation sites is 1. The third kappa shape index (κ3) is 9.32. The minimum absolute atomic E-state index is 0. The van der Waals surface area contributed by atoms with Crippen molar-refractivity contribution < 1.29 is 14.3 Å². The number of hydrogen-bond donors (Lipinski definition) is 3. The van der Waals surface area contributed by atoms with E-state index in [4.69, 9.17) is 9.73 Å². The minimum Gasteiger partial charge on any atom is -0.466 e. The van der Waals surface area contributed by atoms with Crippen molar-refractivity contribution in [3.8, 4) is 0 Å². The molecule has 0 radical (unpaired) electrons. The molecule has 1 aromatic rings. The third-order valence-corrected chi connectivity index (χ3v) is 4.83. The van der Waals surface area contributed by atoms with Crippen LogP contribution in [0.15, 0.2) is 29.3 Å². The fourth-order valence-electron chi connectivity index (χ4n) is 3.40. The molecule has 0 spiro atoms. The highest BCUT2D eigenvalue weighted by Gasteiger charge is 2.24. The lowest BCUT2D eigenvalue weighted by Crippen LogP contribution is -2.38. The number of guanidine groups is 1. The van der Waals surface area contributed by atoms with Gasteiger partial charge in [0.15, 0.2) is 5.96 Å². The maximum Gasteiger partial charge on any atom is 0.305 e. The fourth-order valence-corrected chi connectivity index (χ4v) is 3.40. The van der Waals surface area contributed by atoms with Crippen LogP contribution in [-0.2, 0) is 14.3 Å². The van der Waals surface area contributed by atoms with E-state index in [1.54, 1.807) is 0 Å². The first-order valence-electron chi connectivity index (χ1n) is 10.7. The van der Waals surface area contributed by atoms with Gasteiger partial charge >= 0.3 is 5.97 Å². The molecule has 0 bridgehead atoms. The van der Waals surface area contributed by atoms with Gasteiger partial charge in [-0.15, -0.1) is 24.0 Å². The summed E-state index contributed by atoms with van der Waals surface area (Å²) in [4.78, 5) is 28.0. The normalized spacial score (nSPS) is 15.5. The Labute approximate surface area is 196 Å². The van der Waals surface area contributed by atoms with Crippen molar-refractivity contribution in [1.29, 1.82) is 0 Å². The average Bonchev–Trinajstić information content (AvgIpc) is 2.71. The predicted octanol–water partition coefficient (Wildman–Crippen LogP) is 3.80. The number of esters is 1. The number of nitrogens with one attached hydrogen (secondary N) is 3. The summed E-state index contributed by atoms with van der Waals surface area (Å²) in [7, 11) is 0. The monoisotopic (exact) mass is 530 g/mol. The molecular weight excluding hydrogens is 495 g/mol. The van der Waals surface area contributed by atoms with Crippen LogP contribution in [0.25, 0.3) is 0 Å². The lowest BCUT2D eigenvalue weighted by atomic mass is 9.91. The molecule has 168 valence electrons. The van der Waals surface area contributed by atoms with E-state index < -0.39 is 0 Å². The molecule has 1 aliphatic heterocycles. The number of carbonyl (C=O) groups is 2. The average molecular weight is 530 g/mol. The van der Waals surface area contributed by atoms with Gasteiger partial charge in [0.2, 0.25) is 5.91 Å². The number of carbonyl (C=O) groups excluding carboxylic acids is 2. The second-order valence-electron chi connectivity index (χ2n) is 7.15. The summed E-state index contributed by atoms with van der Waals surface area (Å²) < 4.78 is 4.93. The lowest BCUT2D eigenvalue weighted by molar-refractivity contribution is -0.143. The van der Waals surface area contributed by atoms with Crippen LogP contribution in [0.3, 0.4) is 0 Å². The van der Waals surface area contributed by atoms with E-state index in [0.717, 1.165) is 56.0 Å². The quantitative estimate of drug-likeness (QED) is 0.133. The number of unbranched alkanes of at least 4 members (excludes halogenated alkanes) is 3. The maximum atomic E-state index is 12.0. The number of fused-ring (bicyclic) bond motifs is 1. The molecule has 0 aliphatic carbocycles. The summed E-state index contributed by atoms with van der Waals surface area (Å²) in [6.45, 7) is 6.50. The van der Waals surface area contributed by atoms with Crippen molar-refractivity contribution in [2.75, 3.05) is 31.6 Å². The first-order chi connectivity index (χ1) is 14.1. The Balaban J connectivity index is 0.00000450. The molecular formula is C22H35IN4O3. The van der Waals surface area contributed by atoms with Gasteiger partial charge in [0.1, 0.15) is 0 Å². The van der Waals surface area contributed by atoms with Crippen LogP contribution in [0.4, 0.5) is 5.69 Å². The first-order valence-corrected chi connectivity index (χ1v) is 10.7. The number of aliphatic imine (C=N–C) groups is 1. The molecule has 3 N–H and O–H groups in total. The topological polar surface area (TPSA) is 91.8 Å². The van der Waals surface area contributed by atoms with Gasteiger partial charge in [-0.1, -0.05) is 31.0 Å². The van der Waals surface area contributed by atoms with E-state index in [0.29, 0.717) is 26.0 Å². The van der Waals surface area contributed by atoms with Gasteiger partial charge in [0.25, 0.3) is 0 Å². The maximum absolute atomic E-state index is 12.0. The molecule has 2 rings (SSSR count). The Bertz CT molecular complexity index is 697. The van der Waals surface area contributed by atoms with E-state index in [2.05, 4.69) is 22.0 Å². The third-order valence-electron chi connectivity index (χ3n) is 4.83. The smallest absolute Gasteiger partial charge is 0.305 e. The van der Waals surface area contributed by atoms with Gasteiger partial charge in [-0.3, -0.25) is 14.6 Å². The van der Waals surface area contributed by atoms with E-state index in [9.17, 15) is 9.59 Å². The van der Waals surface area contributed by atoms with Crippen molar-refractivity contribution in [3.05, 3.63) is 29.8 Å². The van der Waals surface area contributed by atoms with Crippen LogP contribution in [0, 0.1) is 0 Å². The van der Waals surface area contributed by atoms with Crippen LogP contribution in [-0.4, -0.2) is 44.1 Å². The molecule has 1 aromatic carbocycles. The molecule has 1 atom stereocenters. The number of benzene rings is 1. The second-order valence-corrected chi connectivity index (χ2v) is 7.15. The van der Waals surface area contributed by atoms with Crippen LogP contribution >= 0.6 is 24.0 Å². The van der Waals surface area contributed by atoms with Gasteiger partial charge in [-0.05, 0) is 38.3 Å². The number of anilines is 1. The Morgan fingerprint density at radius 1 is 1.17 bits per heavy atom. The molecule has 1 amide bonds. The van der Waals surface area contributed by atoms with Gasteiger partial charge in [-0.25, -0.2) is 0 Å². The van der Waals surface area contributed by atoms with Crippen molar-refractivity contribution >= 4 is 47.5 Å². The summed E-state index contributed by atoms with van der Waals surface area (Å²) in [5, 5.41) is 9.56. The molecule has 1 heterocycles. The summed E-state index contributed by atoms with van der Waals surface area (Å²) in [6, 6.07) is 7.93. The lowest BCUT2D eigenvalue weighted by Gasteiger charge is -2.24. The van der Waals surface area contributed by atoms with Crippen molar-refractivity contribution in [2.24, 2.45) is 4.99 Å². The van der Waals surface area contributed by atoms with Crippen LogP contribution in [0.2, 0.25) is 0 Å². The van der Waals surface area contributed by atoms with Crippen molar-refractivity contribution in [3.63, 3.8) is 0 Å². The largest absolute Gasteiger partial charge is 0.466 e. The van der Waals surface area contributed by atoms with Gasteiger partial charge in [-0.2, -0.15) is 0 Å². The summed E-state index contributed by atoms with van der Waals surface area (Å²) in [5.74, 6) is 0.815. The number of nitrogens with zero attached hydrogens (tertiary/aromatic N) is 1. The van der Waals surface area contributed by atoms with E-state index in [-0.39, 0.29) is 41.8 Å². The number of hydrogen-bond acceptors (Lipinski definition) is 4. The van der Waals surface area contributed by atoms with Crippen LogP contribution in [0.1, 0.15) is 63.9 Å². The number of halogens is 1. The molecule has 8 heteroatoms. The Morgan fingerprint density at radius 3 is 2.70 bits per heavy atom. The SMILES string of the molecule is CCNC(=NCC1CC(=O)Nc2ccccc21)NCCCCCCC(=O)OCC.I. The van der Waals surface area contributed by atoms with E-state index >= 15 is 0 Å². The zero-order chi connectivity index (χ0) is 20.9. The highest BCUT2D eigenvalue weighted by atomic mass is 127. The van der Waals surface area contributed by atoms with Gasteiger partial charge in [0, 0.05) is 37.5 Å². The second kappa shape index (κ2) is 15.0. The minimum atomic E-state index is -0.106. The van der Waals surface area contributed by atoms with Crippen LogP contribution in [0.5, 0.6) is 0 Å². The fraction of sp³-hybridized carbons (Fsp3) is 0.591. The molecule has 7 nitrogen and oxygen atoms in total. The molecule has 30 heavy (non-hydrogen) atoms. The zero-order valence-electron chi connectivity index (χ0n) is 18.0. The highest BCUT2D eigenvalue weighted by molar-refractivity contribution is 14.0. The first kappa shape index (κ1) is 26.2. The number of ether oxygens (including phenoxy) is 1. The summed E-state index contributed by atoms with van der Waals surface area (Å²) in [5.41, 5.74) is 2.04. The number of amides is 1. The molecule has 1 aliphatic rings. The highest BCUT2D eigenvalue weighted by Crippen LogP contribution is 2.31. The molecule has 1 unspecified atom stereocenters. The van der Waals surface area contributed by atoms with Crippen molar-refractivity contribution in [2.45, 2.75) is 58.3 Å². The molecule has 0 aromatic heterocycles. The van der Waals surface area contributed by atoms with Gasteiger partial charge in [0.05, 0.1) is 13.2 Å². The summed E-state index contributed by atoms with van der Waals surface area (Å²) in [6.07, 6.45) is 4.92. The number of rotatable bonds is 11. The Morgan fingerprint density at radius 2 is 1.93 bits per heavy atom. The van der Waals surface area contributed by atoms with Gasteiger partial charge < -0.3 is 20.7 Å². The van der Waals surface area contributed by atoms with E-state index in [1.807, 2.05) is 32.0 Å². The Kier molecular flexibility index (Phi) is 13.1. The summed E-state index contributed by atoms with van der Waals surface area (Å²) >= 11 is 0. The molecule has 0 saturated heterocycles. The van der Waals surface area contributed by atoms with E-state index in [1.165, 1.54) is 0 Å². The molecule has 0 saturated carbocycles. The van der Waals surface area contributed by atoms with Crippen LogP contribution < -0.4 is 16.0 Å². The predicted molar refractivity (Wildman–Crippen MR) is 132 cm³/mol. The Hall–Kier alpha value is -1.84. The zero-order valence-corrected chi connectivity index (χ0v) is 20.4.